The average Bonchev–Trinajstić information content (AvgIpc) is 3.37. The Morgan fingerprint density at radius 1 is 1.12 bits per heavy atom. The molecular formula is C21H19Cl2NO2. The second-order valence-corrected chi connectivity index (χ2v) is 8.60. The Kier molecular flexibility index (Phi) is 3.81. The normalized spacial score (nSPS) is 24.1. The Bertz CT molecular complexity index is 896. The molecule has 5 rings (SSSR count). The van der Waals surface area contributed by atoms with Gasteiger partial charge in [-0.2, -0.15) is 0 Å². The van der Waals surface area contributed by atoms with Crippen molar-refractivity contribution < 1.29 is 9.32 Å². The zero-order valence-corrected chi connectivity index (χ0v) is 15.8. The van der Waals surface area contributed by atoms with Gasteiger partial charge in [0, 0.05) is 35.8 Å². The van der Waals surface area contributed by atoms with Gasteiger partial charge >= 0.3 is 0 Å². The van der Waals surface area contributed by atoms with Gasteiger partial charge < -0.3 is 4.52 Å². The summed E-state index contributed by atoms with van der Waals surface area (Å²) in [5.74, 6) is 2.03. The first kappa shape index (κ1) is 16.6. The summed E-state index contributed by atoms with van der Waals surface area (Å²) in [6.07, 6.45) is 9.92. The van der Waals surface area contributed by atoms with E-state index in [0.29, 0.717) is 34.6 Å². The fourth-order valence-corrected chi connectivity index (χ4v) is 5.05. The van der Waals surface area contributed by atoms with Gasteiger partial charge in [0.25, 0.3) is 0 Å². The zero-order valence-electron chi connectivity index (χ0n) is 14.3. The summed E-state index contributed by atoms with van der Waals surface area (Å²) in [5.41, 5.74) is 2.71. The highest BCUT2D eigenvalue weighted by molar-refractivity contribution is 6.39. The molecule has 3 aliphatic carbocycles. The molecule has 1 spiro atoms. The molecular weight excluding hydrogens is 369 g/mol. The summed E-state index contributed by atoms with van der Waals surface area (Å²) >= 11 is 12.9. The van der Waals surface area contributed by atoms with E-state index in [0.717, 1.165) is 48.3 Å². The van der Waals surface area contributed by atoms with Gasteiger partial charge in [-0.25, -0.2) is 0 Å². The minimum absolute atomic E-state index is 0.0472. The molecule has 1 aromatic heterocycles. The van der Waals surface area contributed by atoms with Crippen molar-refractivity contribution in [3.8, 4) is 11.3 Å². The van der Waals surface area contributed by atoms with Crippen molar-refractivity contribution in [3.63, 3.8) is 0 Å². The van der Waals surface area contributed by atoms with Crippen molar-refractivity contribution in [2.24, 2.45) is 5.41 Å². The number of nitrogens with zero attached hydrogens (tertiary/aromatic N) is 1. The number of hydrogen-bond donors (Lipinski definition) is 0. The summed E-state index contributed by atoms with van der Waals surface area (Å²) in [7, 11) is 0. The Labute approximate surface area is 162 Å². The molecule has 0 amide bonds. The van der Waals surface area contributed by atoms with E-state index in [1.165, 1.54) is 0 Å². The zero-order chi connectivity index (χ0) is 17.9. The van der Waals surface area contributed by atoms with Crippen molar-refractivity contribution >= 4 is 29.0 Å². The molecule has 2 aromatic rings. The number of aromatic nitrogens is 1. The van der Waals surface area contributed by atoms with Crippen molar-refractivity contribution in [1.29, 1.82) is 0 Å². The topological polar surface area (TPSA) is 43.1 Å². The van der Waals surface area contributed by atoms with Crippen LogP contribution >= 0.6 is 23.2 Å². The minimum atomic E-state index is 0.0472. The third-order valence-corrected chi connectivity index (χ3v) is 6.82. The van der Waals surface area contributed by atoms with E-state index in [1.807, 2.05) is 18.2 Å². The van der Waals surface area contributed by atoms with Crippen molar-refractivity contribution in [2.45, 2.75) is 50.4 Å². The maximum absolute atomic E-state index is 11.8. The molecule has 0 saturated heterocycles. The standard InChI is InChI=1S/C21H19Cl2NO2/c22-15-2-1-3-16(23)18(15)19-17(20(26-24-19)12-4-5-12)14-8-11-21(14)9-6-13(25)7-10-21/h1-3,8,11-12,14H,4-7,9-10H2. The van der Waals surface area contributed by atoms with E-state index < -0.39 is 0 Å². The van der Waals surface area contributed by atoms with Gasteiger partial charge in [-0.3, -0.25) is 4.79 Å². The van der Waals surface area contributed by atoms with Crippen molar-refractivity contribution in [2.75, 3.05) is 0 Å². The smallest absolute Gasteiger partial charge is 0.144 e. The molecule has 0 N–H and O–H groups in total. The van der Waals surface area contributed by atoms with Gasteiger partial charge in [0.1, 0.15) is 17.2 Å². The highest BCUT2D eigenvalue weighted by Crippen LogP contribution is 2.59. The monoisotopic (exact) mass is 387 g/mol. The highest BCUT2D eigenvalue weighted by atomic mass is 35.5. The molecule has 2 saturated carbocycles. The number of rotatable bonds is 3. The maximum Gasteiger partial charge on any atom is 0.144 e. The molecule has 5 heteroatoms. The number of benzene rings is 1. The van der Waals surface area contributed by atoms with E-state index in [1.54, 1.807) is 0 Å². The predicted octanol–water partition coefficient (Wildman–Crippen LogP) is 6.31. The predicted molar refractivity (Wildman–Crippen MR) is 102 cm³/mol. The van der Waals surface area contributed by atoms with Crippen LogP contribution in [0.3, 0.4) is 0 Å². The first-order valence-electron chi connectivity index (χ1n) is 9.24. The Morgan fingerprint density at radius 3 is 2.38 bits per heavy atom. The fourth-order valence-electron chi connectivity index (χ4n) is 4.48. The molecule has 26 heavy (non-hydrogen) atoms. The summed E-state index contributed by atoms with van der Waals surface area (Å²) in [5, 5.41) is 5.60. The molecule has 3 aliphatic rings. The highest BCUT2D eigenvalue weighted by Gasteiger charge is 2.48. The van der Waals surface area contributed by atoms with E-state index in [2.05, 4.69) is 17.3 Å². The Morgan fingerprint density at radius 2 is 1.81 bits per heavy atom. The van der Waals surface area contributed by atoms with Crippen LogP contribution in [-0.4, -0.2) is 10.9 Å². The molecule has 1 heterocycles. The van der Waals surface area contributed by atoms with Crippen LogP contribution in [0.4, 0.5) is 0 Å². The summed E-state index contributed by atoms with van der Waals surface area (Å²) in [4.78, 5) is 11.8. The number of ketones is 1. The summed E-state index contributed by atoms with van der Waals surface area (Å²) in [6.45, 7) is 0. The second kappa shape index (κ2) is 5.97. The van der Waals surface area contributed by atoms with E-state index in [4.69, 9.17) is 27.7 Å². The number of carbonyl (C=O) groups is 1. The lowest BCUT2D eigenvalue weighted by molar-refractivity contribution is -0.122. The summed E-state index contributed by atoms with van der Waals surface area (Å²) < 4.78 is 5.83. The van der Waals surface area contributed by atoms with Crippen molar-refractivity contribution in [1.82, 2.24) is 5.16 Å². The lowest BCUT2D eigenvalue weighted by atomic mass is 9.57. The molecule has 0 bridgehead atoms. The molecule has 2 fully saturated rings. The SMILES string of the molecule is O=C1CCC2(C=CC2c2c(-c3c(Cl)cccc3Cl)noc2C2CC2)CC1. The average molecular weight is 388 g/mol. The third-order valence-electron chi connectivity index (χ3n) is 6.19. The second-order valence-electron chi connectivity index (χ2n) is 7.79. The number of carbonyl (C=O) groups excluding carboxylic acids is 1. The van der Waals surface area contributed by atoms with E-state index in [-0.39, 0.29) is 11.3 Å². The van der Waals surface area contributed by atoms with E-state index in [9.17, 15) is 4.79 Å². The third kappa shape index (κ3) is 2.48. The van der Waals surface area contributed by atoms with E-state index >= 15 is 0 Å². The van der Waals surface area contributed by atoms with Crippen LogP contribution in [-0.2, 0) is 4.79 Å². The van der Waals surface area contributed by atoms with Crippen molar-refractivity contribution in [3.05, 3.63) is 51.7 Å². The molecule has 0 radical (unpaired) electrons. The van der Waals surface area contributed by atoms with Crippen LogP contribution in [0.25, 0.3) is 11.3 Å². The maximum atomic E-state index is 11.8. The lowest BCUT2D eigenvalue weighted by Crippen LogP contribution is -2.37. The molecule has 1 unspecified atom stereocenters. The molecule has 3 nitrogen and oxygen atoms in total. The number of hydrogen-bond acceptors (Lipinski definition) is 3. The number of halogens is 2. The van der Waals surface area contributed by atoms with Gasteiger partial charge in [0.05, 0.1) is 10.0 Å². The Hall–Kier alpha value is -1.58. The van der Waals surface area contributed by atoms with Crippen LogP contribution in [0.5, 0.6) is 0 Å². The van der Waals surface area contributed by atoms with Gasteiger partial charge in [-0.1, -0.05) is 46.6 Å². The van der Waals surface area contributed by atoms with Gasteiger partial charge in [-0.15, -0.1) is 0 Å². The van der Waals surface area contributed by atoms with Crippen LogP contribution in [0, 0.1) is 5.41 Å². The quantitative estimate of drug-likeness (QED) is 0.579. The number of allylic oxidation sites excluding steroid dienone is 2. The summed E-state index contributed by atoms with van der Waals surface area (Å²) in [6, 6.07) is 5.51. The lowest BCUT2D eigenvalue weighted by Gasteiger charge is -2.46. The van der Waals surface area contributed by atoms with Gasteiger partial charge in [0.15, 0.2) is 0 Å². The largest absolute Gasteiger partial charge is 0.360 e. The van der Waals surface area contributed by atoms with Gasteiger partial charge in [0.2, 0.25) is 0 Å². The Balaban J connectivity index is 1.64. The van der Waals surface area contributed by atoms with Crippen LogP contribution in [0.15, 0.2) is 34.9 Å². The minimum Gasteiger partial charge on any atom is -0.360 e. The molecule has 0 aliphatic heterocycles. The molecule has 134 valence electrons. The first-order valence-corrected chi connectivity index (χ1v) is 9.99. The molecule has 1 aromatic carbocycles. The van der Waals surface area contributed by atoms with Crippen LogP contribution in [0.1, 0.15) is 61.7 Å². The fraction of sp³-hybridized carbons (Fsp3) is 0.429. The molecule has 1 atom stereocenters. The van der Waals surface area contributed by atoms with Gasteiger partial charge in [-0.05, 0) is 43.2 Å². The first-order chi connectivity index (χ1) is 12.6. The number of Topliss-reactive ketones (excluding diaryl/α,β-unsaturated/α-hetero) is 1. The van der Waals surface area contributed by atoms with Crippen LogP contribution < -0.4 is 0 Å². The van der Waals surface area contributed by atoms with Crippen LogP contribution in [0.2, 0.25) is 10.0 Å².